The van der Waals surface area contributed by atoms with E-state index in [2.05, 4.69) is 11.9 Å². The van der Waals surface area contributed by atoms with Crippen LogP contribution in [-0.4, -0.2) is 56.0 Å². The first-order valence-electron chi connectivity index (χ1n) is 7.73. The Morgan fingerprint density at radius 1 is 1.32 bits per heavy atom. The molecule has 0 bridgehead atoms. The lowest BCUT2D eigenvalue weighted by Crippen LogP contribution is -2.39. The maximum atomic E-state index is 12.5. The molecule has 1 aliphatic heterocycles. The van der Waals surface area contributed by atoms with Gasteiger partial charge in [0, 0.05) is 26.1 Å². The Labute approximate surface area is 117 Å². The smallest absolute Gasteiger partial charge is 0.225 e. The van der Waals surface area contributed by atoms with Crippen LogP contribution in [0.1, 0.15) is 32.1 Å². The van der Waals surface area contributed by atoms with Crippen molar-refractivity contribution in [3.05, 3.63) is 0 Å². The molecule has 1 amide bonds. The Morgan fingerprint density at radius 3 is 2.74 bits per heavy atom. The van der Waals surface area contributed by atoms with E-state index in [9.17, 15) is 4.79 Å². The van der Waals surface area contributed by atoms with E-state index in [4.69, 9.17) is 5.73 Å². The van der Waals surface area contributed by atoms with Crippen LogP contribution in [-0.2, 0) is 4.79 Å². The molecule has 110 valence electrons. The SMILES string of the molecule is CN1CCC(CN(C)C(=O)C2CCCC(CN)C2)C1. The molecular formula is C15H29N3O. The van der Waals surface area contributed by atoms with Crippen LogP contribution in [0.25, 0.3) is 0 Å². The lowest BCUT2D eigenvalue weighted by Gasteiger charge is -2.31. The molecule has 2 rings (SSSR count). The molecule has 19 heavy (non-hydrogen) atoms. The van der Waals surface area contributed by atoms with Gasteiger partial charge in [-0.3, -0.25) is 4.79 Å². The summed E-state index contributed by atoms with van der Waals surface area (Å²) in [5.41, 5.74) is 5.76. The summed E-state index contributed by atoms with van der Waals surface area (Å²) in [6, 6.07) is 0. The molecule has 4 heteroatoms. The monoisotopic (exact) mass is 267 g/mol. The van der Waals surface area contributed by atoms with E-state index in [1.807, 2.05) is 11.9 Å². The van der Waals surface area contributed by atoms with Crippen LogP contribution in [0, 0.1) is 17.8 Å². The number of carbonyl (C=O) groups excluding carboxylic acids is 1. The van der Waals surface area contributed by atoms with Crippen LogP contribution in [0.2, 0.25) is 0 Å². The molecule has 3 unspecified atom stereocenters. The molecule has 0 radical (unpaired) electrons. The summed E-state index contributed by atoms with van der Waals surface area (Å²) in [4.78, 5) is 16.8. The molecule has 0 spiro atoms. The van der Waals surface area contributed by atoms with Gasteiger partial charge in [0.2, 0.25) is 5.91 Å². The lowest BCUT2D eigenvalue weighted by atomic mass is 9.80. The molecule has 1 saturated heterocycles. The molecule has 0 aromatic carbocycles. The molecule has 2 N–H and O–H groups in total. The minimum atomic E-state index is 0.228. The van der Waals surface area contributed by atoms with Gasteiger partial charge in [0.15, 0.2) is 0 Å². The topological polar surface area (TPSA) is 49.6 Å². The quantitative estimate of drug-likeness (QED) is 0.831. The van der Waals surface area contributed by atoms with Crippen molar-refractivity contribution in [1.82, 2.24) is 9.80 Å². The van der Waals surface area contributed by atoms with Crippen molar-refractivity contribution in [3.63, 3.8) is 0 Å². The summed E-state index contributed by atoms with van der Waals surface area (Å²) < 4.78 is 0. The number of rotatable bonds is 4. The summed E-state index contributed by atoms with van der Waals surface area (Å²) in [5, 5.41) is 0. The van der Waals surface area contributed by atoms with E-state index in [0.29, 0.717) is 17.7 Å². The summed E-state index contributed by atoms with van der Waals surface area (Å²) in [6.07, 6.45) is 5.66. The van der Waals surface area contributed by atoms with E-state index < -0.39 is 0 Å². The number of hydrogen-bond donors (Lipinski definition) is 1. The van der Waals surface area contributed by atoms with Gasteiger partial charge in [0.05, 0.1) is 0 Å². The molecule has 0 aromatic heterocycles. The van der Waals surface area contributed by atoms with Crippen molar-refractivity contribution in [3.8, 4) is 0 Å². The van der Waals surface area contributed by atoms with Crippen molar-refractivity contribution in [2.24, 2.45) is 23.5 Å². The maximum Gasteiger partial charge on any atom is 0.225 e. The van der Waals surface area contributed by atoms with Crippen molar-refractivity contribution < 1.29 is 4.79 Å². The van der Waals surface area contributed by atoms with E-state index in [1.165, 1.54) is 19.4 Å². The van der Waals surface area contributed by atoms with E-state index in [0.717, 1.165) is 38.9 Å². The highest BCUT2D eigenvalue weighted by Crippen LogP contribution is 2.30. The number of likely N-dealkylation sites (tertiary alicyclic amines) is 1. The van der Waals surface area contributed by atoms with Crippen molar-refractivity contribution >= 4 is 5.91 Å². The number of carbonyl (C=O) groups is 1. The molecule has 1 saturated carbocycles. The van der Waals surface area contributed by atoms with Crippen molar-refractivity contribution in [2.75, 3.05) is 40.3 Å². The Kier molecular flexibility index (Phi) is 5.22. The van der Waals surface area contributed by atoms with E-state index in [1.54, 1.807) is 0 Å². The number of nitrogens with zero attached hydrogens (tertiary/aromatic N) is 2. The third-order valence-electron chi connectivity index (χ3n) is 4.86. The number of nitrogens with two attached hydrogens (primary N) is 1. The minimum Gasteiger partial charge on any atom is -0.345 e. The van der Waals surface area contributed by atoms with Gasteiger partial charge in [-0.2, -0.15) is 0 Å². The molecule has 2 fully saturated rings. The largest absolute Gasteiger partial charge is 0.345 e. The van der Waals surface area contributed by atoms with Gasteiger partial charge in [0.1, 0.15) is 0 Å². The van der Waals surface area contributed by atoms with Gasteiger partial charge >= 0.3 is 0 Å². The highest BCUT2D eigenvalue weighted by Gasteiger charge is 2.30. The molecule has 2 aliphatic rings. The summed E-state index contributed by atoms with van der Waals surface area (Å²) in [7, 11) is 4.14. The second-order valence-corrected chi connectivity index (χ2v) is 6.60. The Morgan fingerprint density at radius 2 is 2.11 bits per heavy atom. The van der Waals surface area contributed by atoms with Crippen LogP contribution >= 0.6 is 0 Å². The third kappa shape index (κ3) is 3.93. The zero-order valence-electron chi connectivity index (χ0n) is 12.5. The van der Waals surface area contributed by atoms with Crippen LogP contribution in [0.3, 0.4) is 0 Å². The van der Waals surface area contributed by atoms with Gasteiger partial charge < -0.3 is 15.5 Å². The fraction of sp³-hybridized carbons (Fsp3) is 0.933. The molecular weight excluding hydrogens is 238 g/mol. The molecule has 4 nitrogen and oxygen atoms in total. The highest BCUT2D eigenvalue weighted by molar-refractivity contribution is 5.78. The first-order chi connectivity index (χ1) is 9.10. The maximum absolute atomic E-state index is 12.5. The standard InChI is InChI=1S/C15H29N3O/c1-17-7-6-13(10-17)11-18(2)15(19)14-5-3-4-12(8-14)9-16/h12-14H,3-11,16H2,1-2H3. The van der Waals surface area contributed by atoms with Gasteiger partial charge in [0.25, 0.3) is 0 Å². The van der Waals surface area contributed by atoms with Crippen molar-refractivity contribution in [1.29, 1.82) is 0 Å². The second kappa shape index (κ2) is 6.71. The first kappa shape index (κ1) is 14.8. The number of hydrogen-bond acceptors (Lipinski definition) is 3. The summed E-state index contributed by atoms with van der Waals surface area (Å²) in [6.45, 7) is 3.97. The second-order valence-electron chi connectivity index (χ2n) is 6.60. The minimum absolute atomic E-state index is 0.228. The van der Waals surface area contributed by atoms with Crippen LogP contribution < -0.4 is 5.73 Å². The molecule has 3 atom stereocenters. The van der Waals surface area contributed by atoms with Gasteiger partial charge in [-0.05, 0) is 57.7 Å². The summed E-state index contributed by atoms with van der Waals surface area (Å²) >= 11 is 0. The molecule has 1 aliphatic carbocycles. The average molecular weight is 267 g/mol. The average Bonchev–Trinajstić information content (AvgIpc) is 2.83. The fourth-order valence-corrected chi connectivity index (χ4v) is 3.69. The molecule has 1 heterocycles. The van der Waals surface area contributed by atoms with Gasteiger partial charge in [-0.1, -0.05) is 6.42 Å². The lowest BCUT2D eigenvalue weighted by molar-refractivity contribution is -0.136. The fourth-order valence-electron chi connectivity index (χ4n) is 3.69. The predicted molar refractivity (Wildman–Crippen MR) is 77.7 cm³/mol. The normalized spacial score (nSPS) is 32.5. The zero-order valence-corrected chi connectivity index (χ0v) is 12.5. The van der Waals surface area contributed by atoms with E-state index in [-0.39, 0.29) is 5.92 Å². The first-order valence-corrected chi connectivity index (χ1v) is 7.73. The highest BCUT2D eigenvalue weighted by atomic mass is 16.2. The van der Waals surface area contributed by atoms with E-state index >= 15 is 0 Å². The number of amides is 1. The van der Waals surface area contributed by atoms with Gasteiger partial charge in [-0.15, -0.1) is 0 Å². The predicted octanol–water partition coefficient (Wildman–Crippen LogP) is 1.16. The Hall–Kier alpha value is -0.610. The van der Waals surface area contributed by atoms with Crippen LogP contribution in [0.15, 0.2) is 0 Å². The van der Waals surface area contributed by atoms with Crippen LogP contribution in [0.4, 0.5) is 0 Å². The Bertz CT molecular complexity index is 308. The Balaban J connectivity index is 1.81. The molecule has 0 aromatic rings. The third-order valence-corrected chi connectivity index (χ3v) is 4.86. The zero-order chi connectivity index (χ0) is 13.8. The van der Waals surface area contributed by atoms with Crippen LogP contribution in [0.5, 0.6) is 0 Å². The van der Waals surface area contributed by atoms with Crippen molar-refractivity contribution in [2.45, 2.75) is 32.1 Å². The summed E-state index contributed by atoms with van der Waals surface area (Å²) in [5.74, 6) is 1.81. The van der Waals surface area contributed by atoms with Gasteiger partial charge in [-0.25, -0.2) is 0 Å².